The summed E-state index contributed by atoms with van der Waals surface area (Å²) >= 11 is 0. The standard InChI is InChI=1S/C12H21N3O/c1-6-10-14-11(13)8(4)12(15-10)16-9(5)7(2)3/h7,9H,6H2,1-5H3,(H2,13,14,15). The lowest BCUT2D eigenvalue weighted by molar-refractivity contribution is 0.161. The third-order valence-corrected chi connectivity index (χ3v) is 2.74. The van der Waals surface area contributed by atoms with Gasteiger partial charge in [-0.25, -0.2) is 4.98 Å². The minimum atomic E-state index is 0.123. The number of nitrogens with two attached hydrogens (primary N) is 1. The van der Waals surface area contributed by atoms with Crippen LogP contribution in [0.4, 0.5) is 5.82 Å². The van der Waals surface area contributed by atoms with Crippen molar-refractivity contribution < 1.29 is 4.74 Å². The molecule has 1 rings (SSSR count). The van der Waals surface area contributed by atoms with E-state index in [4.69, 9.17) is 10.5 Å². The molecule has 1 atom stereocenters. The largest absolute Gasteiger partial charge is 0.474 e. The Morgan fingerprint density at radius 3 is 2.38 bits per heavy atom. The highest BCUT2D eigenvalue weighted by Crippen LogP contribution is 2.22. The van der Waals surface area contributed by atoms with Crippen LogP contribution in [0, 0.1) is 12.8 Å². The van der Waals surface area contributed by atoms with Gasteiger partial charge in [0, 0.05) is 6.42 Å². The average molecular weight is 223 g/mol. The number of rotatable bonds is 4. The molecule has 1 heterocycles. The Morgan fingerprint density at radius 2 is 1.88 bits per heavy atom. The molecule has 0 saturated heterocycles. The maximum atomic E-state index is 5.82. The van der Waals surface area contributed by atoms with Crippen molar-refractivity contribution in [3.63, 3.8) is 0 Å². The van der Waals surface area contributed by atoms with Crippen molar-refractivity contribution in [2.24, 2.45) is 5.92 Å². The van der Waals surface area contributed by atoms with Gasteiger partial charge >= 0.3 is 0 Å². The van der Waals surface area contributed by atoms with Crippen molar-refractivity contribution in [1.82, 2.24) is 9.97 Å². The fourth-order valence-electron chi connectivity index (χ4n) is 1.14. The van der Waals surface area contributed by atoms with E-state index in [1.807, 2.05) is 20.8 Å². The highest BCUT2D eigenvalue weighted by Gasteiger charge is 2.14. The molecule has 90 valence electrons. The Bertz CT molecular complexity index is 364. The molecule has 2 N–H and O–H groups in total. The van der Waals surface area contributed by atoms with E-state index in [1.165, 1.54) is 0 Å². The van der Waals surface area contributed by atoms with Crippen LogP contribution in [0.5, 0.6) is 5.88 Å². The van der Waals surface area contributed by atoms with Crippen molar-refractivity contribution in [3.05, 3.63) is 11.4 Å². The maximum Gasteiger partial charge on any atom is 0.222 e. The molecular weight excluding hydrogens is 202 g/mol. The molecule has 0 aliphatic carbocycles. The average Bonchev–Trinajstić information content (AvgIpc) is 2.24. The molecule has 0 aliphatic heterocycles. The second kappa shape index (κ2) is 5.14. The van der Waals surface area contributed by atoms with Gasteiger partial charge in [-0.05, 0) is 19.8 Å². The number of hydrogen-bond acceptors (Lipinski definition) is 4. The van der Waals surface area contributed by atoms with E-state index in [-0.39, 0.29) is 6.10 Å². The quantitative estimate of drug-likeness (QED) is 0.851. The van der Waals surface area contributed by atoms with Crippen LogP contribution in [-0.4, -0.2) is 16.1 Å². The smallest absolute Gasteiger partial charge is 0.222 e. The topological polar surface area (TPSA) is 61.0 Å². The Labute approximate surface area is 97.2 Å². The van der Waals surface area contributed by atoms with E-state index in [9.17, 15) is 0 Å². The summed E-state index contributed by atoms with van der Waals surface area (Å²) in [6, 6.07) is 0. The van der Waals surface area contributed by atoms with Gasteiger partial charge in [0.2, 0.25) is 5.88 Å². The highest BCUT2D eigenvalue weighted by molar-refractivity contribution is 5.44. The van der Waals surface area contributed by atoms with Crippen LogP contribution in [0.2, 0.25) is 0 Å². The van der Waals surface area contributed by atoms with E-state index in [1.54, 1.807) is 0 Å². The number of hydrogen-bond donors (Lipinski definition) is 1. The maximum absolute atomic E-state index is 5.82. The first kappa shape index (κ1) is 12.7. The highest BCUT2D eigenvalue weighted by atomic mass is 16.5. The summed E-state index contributed by atoms with van der Waals surface area (Å²) in [7, 11) is 0. The van der Waals surface area contributed by atoms with Crippen molar-refractivity contribution >= 4 is 5.82 Å². The Morgan fingerprint density at radius 1 is 1.25 bits per heavy atom. The summed E-state index contributed by atoms with van der Waals surface area (Å²) in [5.41, 5.74) is 6.64. The van der Waals surface area contributed by atoms with E-state index in [0.29, 0.717) is 17.6 Å². The summed E-state index contributed by atoms with van der Waals surface area (Å²) in [6.45, 7) is 10.2. The number of aromatic nitrogens is 2. The van der Waals surface area contributed by atoms with Crippen LogP contribution < -0.4 is 10.5 Å². The van der Waals surface area contributed by atoms with Crippen LogP contribution in [-0.2, 0) is 6.42 Å². The summed E-state index contributed by atoms with van der Waals surface area (Å²) in [5.74, 6) is 2.30. The lowest BCUT2D eigenvalue weighted by atomic mass is 10.1. The van der Waals surface area contributed by atoms with Gasteiger partial charge in [0.1, 0.15) is 11.6 Å². The predicted octanol–water partition coefficient (Wildman–Crippen LogP) is 2.35. The lowest BCUT2D eigenvalue weighted by Gasteiger charge is -2.19. The second-order valence-electron chi connectivity index (χ2n) is 4.38. The van der Waals surface area contributed by atoms with Crippen LogP contribution >= 0.6 is 0 Å². The SMILES string of the molecule is CCc1nc(N)c(C)c(OC(C)C(C)C)n1. The number of aryl methyl sites for hydroxylation is 1. The Kier molecular flexibility index (Phi) is 4.10. The van der Waals surface area contributed by atoms with Crippen LogP contribution in [0.1, 0.15) is 39.1 Å². The normalized spacial score (nSPS) is 12.9. The Balaban J connectivity index is 2.98. The molecular formula is C12H21N3O. The fourth-order valence-corrected chi connectivity index (χ4v) is 1.14. The zero-order valence-electron chi connectivity index (χ0n) is 10.7. The van der Waals surface area contributed by atoms with Gasteiger partial charge in [0.25, 0.3) is 0 Å². The summed E-state index contributed by atoms with van der Waals surface area (Å²) in [6.07, 6.45) is 0.884. The van der Waals surface area contributed by atoms with Gasteiger partial charge in [-0.2, -0.15) is 4.98 Å². The van der Waals surface area contributed by atoms with Gasteiger partial charge in [-0.3, -0.25) is 0 Å². The molecule has 0 spiro atoms. The molecule has 0 bridgehead atoms. The van der Waals surface area contributed by atoms with E-state index in [0.717, 1.165) is 17.8 Å². The minimum Gasteiger partial charge on any atom is -0.474 e. The van der Waals surface area contributed by atoms with Gasteiger partial charge in [0.05, 0.1) is 11.7 Å². The molecule has 0 aliphatic rings. The molecule has 4 heteroatoms. The lowest BCUT2D eigenvalue weighted by Crippen LogP contribution is -2.20. The third-order valence-electron chi connectivity index (χ3n) is 2.74. The minimum absolute atomic E-state index is 0.123. The number of nitrogen functional groups attached to an aromatic ring is 1. The van der Waals surface area contributed by atoms with Gasteiger partial charge < -0.3 is 10.5 Å². The van der Waals surface area contributed by atoms with Gasteiger partial charge in [0.15, 0.2) is 0 Å². The summed E-state index contributed by atoms with van der Waals surface area (Å²) in [5, 5.41) is 0. The van der Waals surface area contributed by atoms with Crippen LogP contribution in [0.3, 0.4) is 0 Å². The van der Waals surface area contributed by atoms with E-state index < -0.39 is 0 Å². The molecule has 1 aromatic rings. The zero-order valence-corrected chi connectivity index (χ0v) is 10.7. The molecule has 0 saturated carbocycles. The Hall–Kier alpha value is -1.32. The number of anilines is 1. The second-order valence-corrected chi connectivity index (χ2v) is 4.38. The number of nitrogens with zero attached hydrogens (tertiary/aromatic N) is 2. The first-order chi connectivity index (χ1) is 7.45. The molecule has 0 fully saturated rings. The van der Waals surface area contributed by atoms with Crippen LogP contribution in [0.25, 0.3) is 0 Å². The summed E-state index contributed by atoms with van der Waals surface area (Å²) < 4.78 is 5.80. The first-order valence-electron chi connectivity index (χ1n) is 5.75. The van der Waals surface area contributed by atoms with E-state index >= 15 is 0 Å². The van der Waals surface area contributed by atoms with Gasteiger partial charge in [-0.15, -0.1) is 0 Å². The molecule has 16 heavy (non-hydrogen) atoms. The third kappa shape index (κ3) is 2.84. The summed E-state index contributed by atoms with van der Waals surface area (Å²) in [4.78, 5) is 8.55. The molecule has 0 radical (unpaired) electrons. The first-order valence-corrected chi connectivity index (χ1v) is 5.75. The molecule has 0 aromatic carbocycles. The van der Waals surface area contributed by atoms with Crippen molar-refractivity contribution in [2.75, 3.05) is 5.73 Å². The molecule has 1 aromatic heterocycles. The fraction of sp³-hybridized carbons (Fsp3) is 0.667. The van der Waals surface area contributed by atoms with Gasteiger partial charge in [-0.1, -0.05) is 20.8 Å². The van der Waals surface area contributed by atoms with Crippen molar-refractivity contribution in [1.29, 1.82) is 0 Å². The zero-order chi connectivity index (χ0) is 12.3. The van der Waals surface area contributed by atoms with Crippen molar-refractivity contribution in [3.8, 4) is 5.88 Å². The molecule has 1 unspecified atom stereocenters. The number of ether oxygens (including phenoxy) is 1. The van der Waals surface area contributed by atoms with Crippen molar-refractivity contribution in [2.45, 2.75) is 47.1 Å². The monoisotopic (exact) mass is 223 g/mol. The molecule has 4 nitrogen and oxygen atoms in total. The van der Waals surface area contributed by atoms with E-state index in [2.05, 4.69) is 23.8 Å². The molecule has 0 amide bonds. The van der Waals surface area contributed by atoms with Crippen LogP contribution in [0.15, 0.2) is 0 Å². The predicted molar refractivity (Wildman–Crippen MR) is 65.5 cm³/mol.